The van der Waals surface area contributed by atoms with Crippen LogP contribution in [0.1, 0.15) is 63.5 Å². The Morgan fingerprint density at radius 2 is 1.68 bits per heavy atom. The van der Waals surface area contributed by atoms with Crippen LogP contribution in [0.3, 0.4) is 0 Å². The van der Waals surface area contributed by atoms with Crippen LogP contribution in [0.2, 0.25) is 0 Å². The number of pyridine rings is 1. The average molecular weight is 379 g/mol. The Kier molecular flexibility index (Phi) is 5.54. The highest BCUT2D eigenvalue weighted by Crippen LogP contribution is 2.29. The molecule has 0 unspecified atom stereocenters. The molecule has 3 aromatic rings. The lowest BCUT2D eigenvalue weighted by atomic mass is 10.0. The molecule has 5 nitrogen and oxygen atoms in total. The monoisotopic (exact) mass is 378 g/mol. The average Bonchev–Trinajstić information content (AvgIpc) is 3.04. The Labute approximate surface area is 167 Å². The first-order valence-electron chi connectivity index (χ1n) is 9.99. The number of aromatic nitrogens is 3. The molecule has 148 valence electrons. The standard InChI is InChI=1S/C23H30N4O/c1-14(2)26(15(3)4)23(28)19-12-21(18-11-9-8-10-17(18)7)25-22-20(19)13-24-27(22)16(5)6/h8-16H,1-7H3. The summed E-state index contributed by atoms with van der Waals surface area (Å²) in [6.45, 7) is 14.4. The van der Waals surface area contributed by atoms with Crippen LogP contribution in [-0.2, 0) is 0 Å². The minimum absolute atomic E-state index is 0.0236. The lowest BCUT2D eigenvalue weighted by molar-refractivity contribution is 0.0646. The molecule has 0 aliphatic rings. The zero-order valence-electron chi connectivity index (χ0n) is 17.9. The maximum Gasteiger partial charge on any atom is 0.255 e. The Bertz CT molecular complexity index is 993. The SMILES string of the molecule is Cc1ccccc1-c1cc(C(=O)N(C(C)C)C(C)C)c2cnn(C(C)C)c2n1. The summed E-state index contributed by atoms with van der Waals surface area (Å²) in [5.74, 6) is 0.0236. The van der Waals surface area contributed by atoms with Gasteiger partial charge in [0.1, 0.15) is 0 Å². The largest absolute Gasteiger partial charge is 0.334 e. The summed E-state index contributed by atoms with van der Waals surface area (Å²) in [6.07, 6.45) is 1.77. The summed E-state index contributed by atoms with van der Waals surface area (Å²) in [6, 6.07) is 10.4. The molecule has 0 saturated carbocycles. The van der Waals surface area contributed by atoms with E-state index in [4.69, 9.17) is 4.98 Å². The summed E-state index contributed by atoms with van der Waals surface area (Å²) in [5.41, 5.74) is 4.40. The molecular formula is C23H30N4O. The molecule has 2 aromatic heterocycles. The van der Waals surface area contributed by atoms with Gasteiger partial charge in [0.15, 0.2) is 5.65 Å². The minimum Gasteiger partial charge on any atom is -0.334 e. The van der Waals surface area contributed by atoms with Gasteiger partial charge in [-0.25, -0.2) is 9.67 Å². The van der Waals surface area contributed by atoms with Crippen LogP contribution >= 0.6 is 0 Å². The molecule has 0 atom stereocenters. The first-order chi connectivity index (χ1) is 13.2. The van der Waals surface area contributed by atoms with Gasteiger partial charge >= 0.3 is 0 Å². The van der Waals surface area contributed by atoms with Gasteiger partial charge < -0.3 is 4.90 Å². The van der Waals surface area contributed by atoms with Gasteiger partial charge in [0.25, 0.3) is 5.91 Å². The molecule has 0 spiro atoms. The molecule has 3 rings (SSSR count). The third-order valence-corrected chi connectivity index (χ3v) is 5.05. The van der Waals surface area contributed by atoms with Crippen molar-refractivity contribution in [2.45, 2.75) is 66.6 Å². The Hall–Kier alpha value is -2.69. The van der Waals surface area contributed by atoms with Crippen LogP contribution in [0.5, 0.6) is 0 Å². The van der Waals surface area contributed by atoms with Crippen LogP contribution in [0, 0.1) is 6.92 Å². The zero-order valence-corrected chi connectivity index (χ0v) is 17.9. The van der Waals surface area contributed by atoms with Gasteiger partial charge in [-0.1, -0.05) is 24.3 Å². The molecule has 1 amide bonds. The molecule has 2 heterocycles. The lowest BCUT2D eigenvalue weighted by Gasteiger charge is -2.31. The number of rotatable bonds is 5. The second-order valence-electron chi connectivity index (χ2n) is 8.19. The van der Waals surface area contributed by atoms with Crippen LogP contribution in [0.4, 0.5) is 0 Å². The van der Waals surface area contributed by atoms with E-state index in [0.717, 1.165) is 27.9 Å². The number of hydrogen-bond donors (Lipinski definition) is 0. The third kappa shape index (κ3) is 3.53. The fraction of sp³-hybridized carbons (Fsp3) is 0.435. The number of fused-ring (bicyclic) bond motifs is 1. The molecule has 0 radical (unpaired) electrons. The van der Waals surface area contributed by atoms with Gasteiger partial charge in [0.05, 0.1) is 22.8 Å². The first kappa shape index (κ1) is 20.1. The highest BCUT2D eigenvalue weighted by atomic mass is 16.2. The van der Waals surface area contributed by atoms with E-state index in [-0.39, 0.29) is 24.0 Å². The van der Waals surface area contributed by atoms with E-state index in [9.17, 15) is 4.79 Å². The number of aryl methyl sites for hydroxylation is 1. The first-order valence-corrected chi connectivity index (χ1v) is 9.99. The van der Waals surface area contributed by atoms with E-state index < -0.39 is 0 Å². The summed E-state index contributed by atoms with van der Waals surface area (Å²) < 4.78 is 1.89. The normalized spacial score (nSPS) is 11.8. The van der Waals surface area contributed by atoms with Gasteiger partial charge in [-0.2, -0.15) is 5.10 Å². The fourth-order valence-corrected chi connectivity index (χ4v) is 3.78. The van der Waals surface area contributed by atoms with Crippen LogP contribution in [0.25, 0.3) is 22.3 Å². The summed E-state index contributed by atoms with van der Waals surface area (Å²) in [5, 5.41) is 5.34. The molecule has 0 aliphatic heterocycles. The highest BCUT2D eigenvalue weighted by molar-refractivity contribution is 6.06. The van der Waals surface area contributed by atoms with E-state index in [1.165, 1.54) is 0 Å². The number of carbonyl (C=O) groups is 1. The van der Waals surface area contributed by atoms with Gasteiger partial charge in [-0.05, 0) is 60.1 Å². The molecular weight excluding hydrogens is 348 g/mol. The van der Waals surface area contributed by atoms with Gasteiger partial charge in [0.2, 0.25) is 0 Å². The maximum atomic E-state index is 13.6. The Morgan fingerprint density at radius 3 is 2.25 bits per heavy atom. The number of amides is 1. The number of nitrogens with zero attached hydrogens (tertiary/aromatic N) is 4. The van der Waals surface area contributed by atoms with Gasteiger partial charge in [0, 0.05) is 23.7 Å². The van der Waals surface area contributed by atoms with Crippen molar-refractivity contribution in [1.82, 2.24) is 19.7 Å². The van der Waals surface area contributed by atoms with E-state index in [1.807, 2.05) is 27.8 Å². The minimum atomic E-state index is 0.0236. The number of hydrogen-bond acceptors (Lipinski definition) is 3. The van der Waals surface area contributed by atoms with E-state index in [1.54, 1.807) is 6.20 Å². The fourth-order valence-electron chi connectivity index (χ4n) is 3.78. The molecule has 5 heteroatoms. The zero-order chi connectivity index (χ0) is 20.6. The van der Waals surface area contributed by atoms with E-state index in [2.05, 4.69) is 65.7 Å². The van der Waals surface area contributed by atoms with Gasteiger partial charge in [-0.3, -0.25) is 4.79 Å². The second-order valence-corrected chi connectivity index (χ2v) is 8.19. The van der Waals surface area contributed by atoms with Gasteiger partial charge in [-0.15, -0.1) is 0 Å². The van der Waals surface area contributed by atoms with E-state index in [0.29, 0.717) is 5.56 Å². The molecule has 0 N–H and O–H groups in total. The maximum absolute atomic E-state index is 13.6. The van der Waals surface area contributed by atoms with Crippen molar-refractivity contribution in [3.05, 3.63) is 47.7 Å². The van der Waals surface area contributed by atoms with Crippen LogP contribution in [0.15, 0.2) is 36.5 Å². The molecule has 1 aromatic carbocycles. The topological polar surface area (TPSA) is 51.0 Å². The van der Waals surface area contributed by atoms with Crippen LogP contribution < -0.4 is 0 Å². The van der Waals surface area contributed by atoms with Crippen molar-refractivity contribution in [2.75, 3.05) is 0 Å². The quantitative estimate of drug-likeness (QED) is 0.609. The molecule has 0 saturated heterocycles. The van der Waals surface area contributed by atoms with Crippen molar-refractivity contribution in [1.29, 1.82) is 0 Å². The molecule has 28 heavy (non-hydrogen) atoms. The lowest BCUT2D eigenvalue weighted by Crippen LogP contribution is -2.42. The predicted molar refractivity (Wildman–Crippen MR) is 115 cm³/mol. The predicted octanol–water partition coefficient (Wildman–Crippen LogP) is 5.25. The number of carbonyl (C=O) groups excluding carboxylic acids is 1. The summed E-state index contributed by atoms with van der Waals surface area (Å²) in [4.78, 5) is 20.4. The molecule has 0 bridgehead atoms. The Morgan fingerprint density at radius 1 is 1.04 bits per heavy atom. The smallest absolute Gasteiger partial charge is 0.255 e. The molecule has 0 aliphatic carbocycles. The highest BCUT2D eigenvalue weighted by Gasteiger charge is 2.26. The van der Waals surface area contributed by atoms with E-state index >= 15 is 0 Å². The van der Waals surface area contributed by atoms with Crippen molar-refractivity contribution >= 4 is 16.9 Å². The van der Waals surface area contributed by atoms with Crippen molar-refractivity contribution < 1.29 is 4.79 Å². The molecule has 0 fully saturated rings. The van der Waals surface area contributed by atoms with Crippen molar-refractivity contribution in [3.63, 3.8) is 0 Å². The summed E-state index contributed by atoms with van der Waals surface area (Å²) in [7, 11) is 0. The van der Waals surface area contributed by atoms with Crippen molar-refractivity contribution in [3.8, 4) is 11.3 Å². The number of benzene rings is 1. The second kappa shape index (κ2) is 7.74. The Balaban J connectivity index is 2.29. The van der Waals surface area contributed by atoms with Crippen LogP contribution in [-0.4, -0.2) is 37.7 Å². The van der Waals surface area contributed by atoms with Crippen molar-refractivity contribution in [2.24, 2.45) is 0 Å². The summed E-state index contributed by atoms with van der Waals surface area (Å²) >= 11 is 0. The third-order valence-electron chi connectivity index (χ3n) is 5.05.